The number of rotatable bonds is 3. The summed E-state index contributed by atoms with van der Waals surface area (Å²) in [5.41, 5.74) is -2.80. The van der Waals surface area contributed by atoms with Gasteiger partial charge in [0.05, 0.1) is 5.92 Å². The second-order valence-corrected chi connectivity index (χ2v) is 10.3. The lowest BCUT2D eigenvalue weighted by Crippen LogP contribution is -2.99. The van der Waals surface area contributed by atoms with E-state index in [0.717, 1.165) is 0 Å². The molecule has 2 aliphatic carbocycles. The number of benzene rings is 4. The zero-order chi connectivity index (χ0) is 27.8. The SMILES string of the molecule is O=C1c2ccccc2C(=O)C12O[C@H](c1ccccc1)C1(C(=O)c3ccccc3C1=O)[C@H]2c1ccc([NH+]([O-])O)cc1. The Labute approximate surface area is 228 Å². The number of nitrogens with one attached hydrogen (secondary N) is 1. The predicted molar refractivity (Wildman–Crippen MR) is 141 cm³/mol. The fraction of sp³-hybridized carbons (Fsp3) is 0.125. The van der Waals surface area contributed by atoms with E-state index in [1.807, 2.05) is 0 Å². The summed E-state index contributed by atoms with van der Waals surface area (Å²) in [5.74, 6) is -3.71. The van der Waals surface area contributed by atoms with Crippen molar-refractivity contribution >= 4 is 28.8 Å². The van der Waals surface area contributed by atoms with E-state index < -0.39 is 51.4 Å². The summed E-state index contributed by atoms with van der Waals surface area (Å²) < 4.78 is 6.60. The van der Waals surface area contributed by atoms with Crippen molar-refractivity contribution in [3.05, 3.63) is 142 Å². The van der Waals surface area contributed by atoms with Crippen LogP contribution in [0.15, 0.2) is 103 Å². The first-order valence-corrected chi connectivity index (χ1v) is 12.8. The van der Waals surface area contributed by atoms with Crippen molar-refractivity contribution in [1.29, 1.82) is 0 Å². The van der Waals surface area contributed by atoms with Gasteiger partial charge in [-0.2, -0.15) is 5.23 Å². The average molecular weight is 532 g/mol. The maximum absolute atomic E-state index is 14.6. The molecule has 3 aliphatic rings. The smallest absolute Gasteiger partial charge is 0.204 e. The number of ketones is 4. The summed E-state index contributed by atoms with van der Waals surface area (Å²) in [6.45, 7) is 0. The third kappa shape index (κ3) is 2.88. The minimum absolute atomic E-state index is 0.0231. The van der Waals surface area contributed by atoms with Crippen LogP contribution in [0.5, 0.6) is 0 Å². The zero-order valence-electron chi connectivity index (χ0n) is 20.9. The number of Topliss-reactive ketones (excluding diaryl/α,β-unsaturated/α-hetero) is 4. The molecule has 0 aromatic heterocycles. The molecule has 1 unspecified atom stereocenters. The first-order chi connectivity index (χ1) is 19.3. The quantitative estimate of drug-likeness (QED) is 0.304. The molecule has 8 nitrogen and oxygen atoms in total. The van der Waals surface area contributed by atoms with E-state index in [-0.39, 0.29) is 33.5 Å². The third-order valence-electron chi connectivity index (χ3n) is 8.43. The summed E-state index contributed by atoms with van der Waals surface area (Å²) in [5, 5.41) is 20.0. The second kappa shape index (κ2) is 8.45. The van der Waals surface area contributed by atoms with Gasteiger partial charge in [-0.1, -0.05) is 91.0 Å². The van der Waals surface area contributed by atoms with Crippen molar-refractivity contribution in [3.63, 3.8) is 0 Å². The first-order valence-electron chi connectivity index (χ1n) is 12.8. The molecule has 1 saturated heterocycles. The number of ether oxygens (including phenoxy) is 1. The molecule has 1 aliphatic heterocycles. The summed E-state index contributed by atoms with van der Waals surface area (Å²) >= 11 is 0. The Morgan fingerprint density at radius 2 is 1.05 bits per heavy atom. The molecule has 40 heavy (non-hydrogen) atoms. The van der Waals surface area contributed by atoms with Crippen LogP contribution in [0.1, 0.15) is 64.6 Å². The maximum atomic E-state index is 14.6. The van der Waals surface area contributed by atoms with Crippen LogP contribution in [-0.4, -0.2) is 33.9 Å². The minimum Gasteiger partial charge on any atom is -0.595 e. The summed E-state index contributed by atoms with van der Waals surface area (Å²) in [6.07, 6.45) is -1.27. The molecule has 3 atom stereocenters. The standard InChI is InChI=1S/C32H21NO7/c34-26-21-10-4-5-11-22(21)27(35)31(26)25(18-14-16-20(17-15-18)33(38)39)32(40-30(31)19-8-2-1-3-9-19)28(36)23-12-6-7-13-24(23)29(32)37/h1-17,25,30,33,38H/t25-,30-/m1/s1. The van der Waals surface area contributed by atoms with Crippen LogP contribution in [-0.2, 0) is 4.74 Å². The fourth-order valence-corrected chi connectivity index (χ4v) is 6.77. The topological polar surface area (TPSA) is 125 Å². The Bertz CT molecular complexity index is 1670. The van der Waals surface area contributed by atoms with Crippen LogP contribution in [0.4, 0.5) is 5.69 Å². The van der Waals surface area contributed by atoms with Crippen molar-refractivity contribution < 1.29 is 34.3 Å². The second-order valence-electron chi connectivity index (χ2n) is 10.3. The Hall–Kier alpha value is -4.60. The maximum Gasteiger partial charge on any atom is 0.204 e. The number of carbonyl (C=O) groups excluding carboxylic acids is 4. The van der Waals surface area contributed by atoms with Gasteiger partial charge in [0, 0.05) is 34.4 Å². The highest BCUT2D eigenvalue weighted by molar-refractivity contribution is 6.37. The van der Waals surface area contributed by atoms with Gasteiger partial charge in [0.1, 0.15) is 11.5 Å². The molecule has 196 valence electrons. The number of quaternary nitrogens is 1. The number of hydrogen-bond acceptors (Lipinski definition) is 7. The number of fused-ring (bicyclic) bond motifs is 2. The molecule has 0 radical (unpaired) electrons. The van der Waals surface area contributed by atoms with E-state index in [1.54, 1.807) is 66.7 Å². The fourth-order valence-electron chi connectivity index (χ4n) is 6.77. The van der Waals surface area contributed by atoms with Crippen LogP contribution in [0.2, 0.25) is 0 Å². The van der Waals surface area contributed by atoms with Gasteiger partial charge in [-0.25, -0.2) is 5.21 Å². The molecular formula is C32H21NO7. The van der Waals surface area contributed by atoms with E-state index in [0.29, 0.717) is 5.56 Å². The van der Waals surface area contributed by atoms with Gasteiger partial charge in [-0.15, -0.1) is 0 Å². The molecule has 2 spiro atoms. The van der Waals surface area contributed by atoms with Gasteiger partial charge < -0.3 is 9.94 Å². The highest BCUT2D eigenvalue weighted by atomic mass is 16.8. The highest BCUT2D eigenvalue weighted by Gasteiger charge is 2.79. The first kappa shape index (κ1) is 24.4. The summed E-state index contributed by atoms with van der Waals surface area (Å²) in [4.78, 5) is 57.8. The Balaban J connectivity index is 1.57. The van der Waals surface area contributed by atoms with Crippen molar-refractivity contribution in [2.24, 2.45) is 5.41 Å². The molecular weight excluding hydrogens is 510 g/mol. The summed E-state index contributed by atoms with van der Waals surface area (Å²) in [6, 6.07) is 27.0. The number of hydrogen-bond donors (Lipinski definition) is 2. The van der Waals surface area contributed by atoms with Crippen LogP contribution in [0, 0.1) is 10.6 Å². The van der Waals surface area contributed by atoms with Crippen LogP contribution < -0.4 is 5.23 Å². The largest absolute Gasteiger partial charge is 0.595 e. The molecule has 0 bridgehead atoms. The molecule has 7 rings (SSSR count). The monoisotopic (exact) mass is 531 g/mol. The lowest BCUT2D eigenvalue weighted by Gasteiger charge is -2.34. The van der Waals surface area contributed by atoms with Gasteiger partial charge in [0.2, 0.25) is 17.2 Å². The predicted octanol–water partition coefficient (Wildman–Crippen LogP) is 3.83. The van der Waals surface area contributed by atoms with E-state index in [1.165, 1.54) is 36.4 Å². The van der Waals surface area contributed by atoms with Gasteiger partial charge in [0.15, 0.2) is 17.3 Å². The molecule has 1 heterocycles. The van der Waals surface area contributed by atoms with Crippen molar-refractivity contribution in [3.8, 4) is 0 Å². The van der Waals surface area contributed by atoms with Gasteiger partial charge in [0.25, 0.3) is 0 Å². The van der Waals surface area contributed by atoms with Crippen molar-refractivity contribution in [2.75, 3.05) is 0 Å². The van der Waals surface area contributed by atoms with Crippen molar-refractivity contribution in [2.45, 2.75) is 17.6 Å². The summed E-state index contributed by atoms with van der Waals surface area (Å²) in [7, 11) is 0. The Morgan fingerprint density at radius 1 is 0.600 bits per heavy atom. The van der Waals surface area contributed by atoms with Gasteiger partial charge >= 0.3 is 0 Å². The molecule has 2 N–H and O–H groups in total. The van der Waals surface area contributed by atoms with E-state index in [4.69, 9.17) is 4.74 Å². The molecule has 4 aromatic carbocycles. The van der Waals surface area contributed by atoms with Crippen LogP contribution in [0.3, 0.4) is 0 Å². The Morgan fingerprint density at radius 3 is 1.52 bits per heavy atom. The molecule has 8 heteroatoms. The van der Waals surface area contributed by atoms with E-state index in [9.17, 15) is 29.6 Å². The zero-order valence-corrected chi connectivity index (χ0v) is 20.9. The molecule has 4 aromatic rings. The average Bonchev–Trinajstić information content (AvgIpc) is 3.52. The van der Waals surface area contributed by atoms with Crippen LogP contribution in [0.25, 0.3) is 0 Å². The molecule has 1 fully saturated rings. The van der Waals surface area contributed by atoms with Crippen LogP contribution >= 0.6 is 0 Å². The normalized spacial score (nSPS) is 22.6. The third-order valence-corrected chi connectivity index (χ3v) is 8.43. The minimum atomic E-state index is -2.22. The highest BCUT2D eigenvalue weighted by Crippen LogP contribution is 2.67. The molecule has 0 saturated carbocycles. The lowest BCUT2D eigenvalue weighted by molar-refractivity contribution is -0.991. The lowest BCUT2D eigenvalue weighted by atomic mass is 9.60. The Kier molecular flexibility index (Phi) is 5.16. The molecule has 0 amide bonds. The van der Waals surface area contributed by atoms with E-state index in [2.05, 4.69) is 0 Å². The van der Waals surface area contributed by atoms with Gasteiger partial charge in [-0.05, 0) is 11.1 Å². The van der Waals surface area contributed by atoms with Crippen molar-refractivity contribution in [1.82, 2.24) is 0 Å². The van der Waals surface area contributed by atoms with Gasteiger partial charge in [-0.3, -0.25) is 19.2 Å². The number of carbonyl (C=O) groups is 4. The van der Waals surface area contributed by atoms with E-state index >= 15 is 0 Å².